The van der Waals surface area contributed by atoms with E-state index in [4.69, 9.17) is 9.26 Å². The lowest BCUT2D eigenvalue weighted by Crippen LogP contribution is -2.35. The fourth-order valence-electron chi connectivity index (χ4n) is 4.67. The molecular weight excluding hydrogens is 330 g/mol. The van der Waals surface area contributed by atoms with E-state index in [1.807, 2.05) is 19.0 Å². The number of aromatic nitrogens is 2. The molecule has 1 heterocycles. The summed E-state index contributed by atoms with van der Waals surface area (Å²) in [6.07, 6.45) is 12.3. The van der Waals surface area contributed by atoms with E-state index in [1.165, 1.54) is 64.2 Å². The number of carbonyl (C=O) groups is 1. The Hall–Kier alpha value is -1.43. The van der Waals surface area contributed by atoms with Crippen LogP contribution in [0.5, 0.6) is 0 Å². The van der Waals surface area contributed by atoms with E-state index in [-0.39, 0.29) is 18.5 Å². The molecule has 0 spiro atoms. The second-order valence-electron chi connectivity index (χ2n) is 8.27. The molecule has 0 aromatic carbocycles. The Morgan fingerprint density at radius 2 is 1.65 bits per heavy atom. The molecule has 3 rings (SSSR count). The number of hydrogen-bond acceptors (Lipinski definition) is 6. The van der Waals surface area contributed by atoms with E-state index in [1.54, 1.807) is 0 Å². The number of hydrogen-bond donors (Lipinski definition) is 0. The summed E-state index contributed by atoms with van der Waals surface area (Å²) in [5, 5.41) is 3.94. The Morgan fingerprint density at radius 1 is 1.08 bits per heavy atom. The third-order valence-electron chi connectivity index (χ3n) is 5.89. The maximum Gasteiger partial charge on any atom is 0.309 e. The Bertz CT molecular complexity index is 542. The Labute approximate surface area is 156 Å². The highest BCUT2D eigenvalue weighted by molar-refractivity contribution is 5.73. The van der Waals surface area contributed by atoms with Crippen LogP contribution in [0.3, 0.4) is 0 Å². The van der Waals surface area contributed by atoms with Gasteiger partial charge in [-0.1, -0.05) is 43.7 Å². The van der Waals surface area contributed by atoms with E-state index < -0.39 is 0 Å². The van der Waals surface area contributed by atoms with Crippen LogP contribution in [0.25, 0.3) is 0 Å². The molecule has 6 heteroatoms. The van der Waals surface area contributed by atoms with Crippen molar-refractivity contribution in [1.82, 2.24) is 15.0 Å². The summed E-state index contributed by atoms with van der Waals surface area (Å²) in [7, 11) is 3.89. The van der Waals surface area contributed by atoms with Crippen LogP contribution in [0.2, 0.25) is 0 Å². The summed E-state index contributed by atoms with van der Waals surface area (Å²) < 4.78 is 10.9. The minimum atomic E-state index is -0.0391. The van der Waals surface area contributed by atoms with Crippen molar-refractivity contribution >= 4 is 5.97 Å². The second kappa shape index (κ2) is 9.49. The van der Waals surface area contributed by atoms with E-state index in [9.17, 15) is 4.79 Å². The van der Waals surface area contributed by atoms with Crippen molar-refractivity contribution in [2.75, 3.05) is 14.1 Å². The van der Waals surface area contributed by atoms with Gasteiger partial charge in [0.1, 0.15) is 0 Å². The molecule has 2 aliphatic rings. The topological polar surface area (TPSA) is 68.5 Å². The van der Waals surface area contributed by atoms with E-state index >= 15 is 0 Å². The quantitative estimate of drug-likeness (QED) is 0.683. The zero-order valence-electron chi connectivity index (χ0n) is 16.3. The molecule has 0 radical (unpaired) electrons. The summed E-state index contributed by atoms with van der Waals surface area (Å²) in [5.74, 6) is 2.02. The van der Waals surface area contributed by atoms with Crippen molar-refractivity contribution < 1.29 is 14.1 Å². The third-order valence-corrected chi connectivity index (χ3v) is 5.89. The van der Waals surface area contributed by atoms with E-state index in [0.717, 1.165) is 0 Å². The first-order valence-corrected chi connectivity index (χ1v) is 10.3. The van der Waals surface area contributed by atoms with Gasteiger partial charge in [0.05, 0.1) is 12.5 Å². The SMILES string of the molecule is CN(C)Cc1nc(COC(=O)C(C2CCCCC2)C2CCCCC2)no1. The lowest BCUT2D eigenvalue weighted by atomic mass is 9.69. The van der Waals surface area contributed by atoms with Crippen LogP contribution in [-0.4, -0.2) is 35.1 Å². The number of esters is 1. The van der Waals surface area contributed by atoms with Crippen molar-refractivity contribution in [3.8, 4) is 0 Å². The standard InChI is InChI=1S/C20H33N3O3/c1-23(2)13-18-21-17(22-26-18)14-25-20(24)19(15-9-5-3-6-10-15)16-11-7-4-8-12-16/h15-16,19H,3-14H2,1-2H3. The van der Waals surface area contributed by atoms with Crippen molar-refractivity contribution in [3.63, 3.8) is 0 Å². The molecule has 0 aliphatic heterocycles. The summed E-state index contributed by atoms with van der Waals surface area (Å²) in [6, 6.07) is 0. The van der Waals surface area contributed by atoms with Gasteiger partial charge in [0.25, 0.3) is 0 Å². The molecule has 0 bridgehead atoms. The second-order valence-corrected chi connectivity index (χ2v) is 8.27. The van der Waals surface area contributed by atoms with E-state index in [2.05, 4.69) is 10.1 Å². The smallest absolute Gasteiger partial charge is 0.309 e. The van der Waals surface area contributed by atoms with Crippen LogP contribution >= 0.6 is 0 Å². The lowest BCUT2D eigenvalue weighted by Gasteiger charge is -2.36. The highest BCUT2D eigenvalue weighted by Gasteiger charge is 2.37. The zero-order valence-corrected chi connectivity index (χ0v) is 16.3. The first kappa shape index (κ1) is 19.3. The molecule has 0 amide bonds. The van der Waals surface area contributed by atoms with Gasteiger partial charge < -0.3 is 14.2 Å². The predicted octanol–water partition coefficient (Wildman–Crippen LogP) is 3.95. The third kappa shape index (κ3) is 5.29. The van der Waals surface area contributed by atoms with Gasteiger partial charge in [-0.2, -0.15) is 4.98 Å². The molecule has 2 aliphatic carbocycles. The zero-order chi connectivity index (χ0) is 18.4. The van der Waals surface area contributed by atoms with Gasteiger partial charge in [0, 0.05) is 0 Å². The number of carbonyl (C=O) groups excluding carboxylic acids is 1. The monoisotopic (exact) mass is 363 g/mol. The molecule has 1 aromatic heterocycles. The van der Waals surface area contributed by atoms with Gasteiger partial charge in [0.2, 0.25) is 11.7 Å². The number of ether oxygens (including phenoxy) is 1. The van der Waals surface area contributed by atoms with Crippen LogP contribution in [0.1, 0.15) is 75.9 Å². The summed E-state index contributed by atoms with van der Waals surface area (Å²) in [6.45, 7) is 0.708. The molecule has 1 aromatic rings. The van der Waals surface area contributed by atoms with Crippen molar-refractivity contribution in [2.24, 2.45) is 17.8 Å². The summed E-state index contributed by atoms with van der Waals surface area (Å²) in [5.41, 5.74) is 0. The Kier molecular flexibility index (Phi) is 7.06. The molecule has 0 saturated heterocycles. The molecule has 0 atom stereocenters. The number of rotatable bonds is 7. The maximum atomic E-state index is 13.0. The fraction of sp³-hybridized carbons (Fsp3) is 0.850. The largest absolute Gasteiger partial charge is 0.457 e. The molecular formula is C20H33N3O3. The minimum Gasteiger partial charge on any atom is -0.457 e. The van der Waals surface area contributed by atoms with Crippen LogP contribution in [0, 0.1) is 17.8 Å². The van der Waals surface area contributed by atoms with Crippen LogP contribution in [0.4, 0.5) is 0 Å². The minimum absolute atomic E-state index is 0.0391. The fourth-order valence-corrected chi connectivity index (χ4v) is 4.67. The average Bonchev–Trinajstić information content (AvgIpc) is 3.09. The maximum absolute atomic E-state index is 13.0. The van der Waals surface area contributed by atoms with Gasteiger partial charge in [-0.25, -0.2) is 0 Å². The Balaban J connectivity index is 1.60. The van der Waals surface area contributed by atoms with Gasteiger partial charge in [-0.15, -0.1) is 0 Å². The molecule has 0 unspecified atom stereocenters. The first-order valence-electron chi connectivity index (χ1n) is 10.3. The molecule has 0 N–H and O–H groups in total. The lowest BCUT2D eigenvalue weighted by molar-refractivity contribution is -0.156. The highest BCUT2D eigenvalue weighted by Crippen LogP contribution is 2.40. The van der Waals surface area contributed by atoms with Gasteiger partial charge in [-0.3, -0.25) is 4.79 Å². The normalized spacial score (nSPS) is 20.0. The first-order chi connectivity index (χ1) is 12.6. The highest BCUT2D eigenvalue weighted by atomic mass is 16.5. The Morgan fingerprint density at radius 3 is 2.19 bits per heavy atom. The van der Waals surface area contributed by atoms with Gasteiger partial charge in [-0.05, 0) is 51.6 Å². The summed E-state index contributed by atoms with van der Waals surface area (Å²) in [4.78, 5) is 19.3. The predicted molar refractivity (Wildman–Crippen MR) is 98.1 cm³/mol. The van der Waals surface area contributed by atoms with Crippen LogP contribution in [0.15, 0.2) is 4.52 Å². The molecule has 26 heavy (non-hydrogen) atoms. The van der Waals surface area contributed by atoms with Crippen molar-refractivity contribution in [2.45, 2.75) is 77.4 Å². The van der Waals surface area contributed by atoms with Crippen molar-refractivity contribution in [1.29, 1.82) is 0 Å². The molecule has 6 nitrogen and oxygen atoms in total. The molecule has 146 valence electrons. The van der Waals surface area contributed by atoms with Gasteiger partial charge in [0.15, 0.2) is 6.61 Å². The molecule has 2 saturated carbocycles. The van der Waals surface area contributed by atoms with Gasteiger partial charge >= 0.3 is 5.97 Å². The number of nitrogens with zero attached hydrogens (tertiary/aromatic N) is 3. The van der Waals surface area contributed by atoms with Crippen molar-refractivity contribution in [3.05, 3.63) is 11.7 Å². The van der Waals surface area contributed by atoms with E-state index in [0.29, 0.717) is 30.1 Å². The van der Waals surface area contributed by atoms with Crippen LogP contribution in [-0.2, 0) is 22.7 Å². The average molecular weight is 364 g/mol. The molecule has 2 fully saturated rings. The summed E-state index contributed by atoms with van der Waals surface area (Å²) >= 11 is 0. The van der Waals surface area contributed by atoms with Crippen LogP contribution < -0.4 is 0 Å².